The summed E-state index contributed by atoms with van der Waals surface area (Å²) in [7, 11) is 0. The second-order valence-electron chi connectivity index (χ2n) is 4.84. The molecular weight excluding hydrogens is 234 g/mol. The van der Waals surface area contributed by atoms with E-state index in [9.17, 15) is 5.11 Å². The highest BCUT2D eigenvalue weighted by Gasteiger charge is 2.06. The van der Waals surface area contributed by atoms with E-state index in [1.54, 1.807) is 6.20 Å². The van der Waals surface area contributed by atoms with E-state index in [0.29, 0.717) is 11.3 Å². The molecule has 1 N–H and O–H groups in total. The maximum atomic E-state index is 10.3. The molecular formula is C17H21NO. The molecule has 0 saturated carbocycles. The van der Waals surface area contributed by atoms with Crippen molar-refractivity contribution in [3.05, 3.63) is 41.6 Å². The summed E-state index contributed by atoms with van der Waals surface area (Å²) < 4.78 is 0. The normalized spacial score (nSPS) is 12.0. The fourth-order valence-corrected chi connectivity index (χ4v) is 2.24. The second-order valence-corrected chi connectivity index (χ2v) is 4.84. The Morgan fingerprint density at radius 2 is 2.11 bits per heavy atom. The standard InChI is InChI=1S/C17H21NO/c1-3-5-7-13(4-2)12-15-10-9-14-8-6-11-18-16(14)17(15)19/h6,8-12,19H,3-5,7H2,1-2H3/b13-12-. The van der Waals surface area contributed by atoms with Crippen molar-refractivity contribution in [2.24, 2.45) is 0 Å². The molecule has 0 aliphatic heterocycles. The van der Waals surface area contributed by atoms with Gasteiger partial charge in [-0.05, 0) is 25.3 Å². The molecule has 2 nitrogen and oxygen atoms in total. The van der Waals surface area contributed by atoms with Crippen LogP contribution in [0.3, 0.4) is 0 Å². The smallest absolute Gasteiger partial charge is 0.149 e. The summed E-state index contributed by atoms with van der Waals surface area (Å²) in [5.74, 6) is 0.292. The highest BCUT2D eigenvalue weighted by molar-refractivity contribution is 5.88. The lowest BCUT2D eigenvalue weighted by Gasteiger charge is -2.07. The third-order valence-electron chi connectivity index (χ3n) is 3.44. The number of fused-ring (bicyclic) bond motifs is 1. The Hall–Kier alpha value is -1.83. The molecule has 100 valence electrons. The molecule has 1 aromatic heterocycles. The fourth-order valence-electron chi connectivity index (χ4n) is 2.24. The van der Waals surface area contributed by atoms with Crippen LogP contribution >= 0.6 is 0 Å². The van der Waals surface area contributed by atoms with Gasteiger partial charge in [-0.3, -0.25) is 4.98 Å². The molecule has 0 radical (unpaired) electrons. The summed E-state index contributed by atoms with van der Waals surface area (Å²) in [6.45, 7) is 4.36. The Kier molecular flexibility index (Phi) is 4.56. The fraction of sp³-hybridized carbons (Fsp3) is 0.353. The molecule has 0 unspecified atom stereocenters. The number of allylic oxidation sites excluding steroid dienone is 1. The van der Waals surface area contributed by atoms with Crippen LogP contribution in [0.1, 0.15) is 45.1 Å². The predicted octanol–water partition coefficient (Wildman–Crippen LogP) is 4.92. The van der Waals surface area contributed by atoms with Gasteiger partial charge in [0.15, 0.2) is 0 Å². The van der Waals surface area contributed by atoms with E-state index in [4.69, 9.17) is 0 Å². The highest BCUT2D eigenvalue weighted by atomic mass is 16.3. The van der Waals surface area contributed by atoms with Crippen molar-refractivity contribution in [1.82, 2.24) is 4.98 Å². The van der Waals surface area contributed by atoms with Gasteiger partial charge in [0.05, 0.1) is 0 Å². The van der Waals surface area contributed by atoms with Gasteiger partial charge in [0.25, 0.3) is 0 Å². The predicted molar refractivity (Wildman–Crippen MR) is 81.2 cm³/mol. The molecule has 19 heavy (non-hydrogen) atoms. The van der Waals surface area contributed by atoms with Gasteiger partial charge in [0.2, 0.25) is 0 Å². The van der Waals surface area contributed by atoms with Crippen LogP contribution in [0.25, 0.3) is 17.0 Å². The maximum Gasteiger partial charge on any atom is 0.149 e. The SMILES string of the molecule is CCCC/C(=C\c1ccc2cccnc2c1O)CC. The topological polar surface area (TPSA) is 33.1 Å². The van der Waals surface area contributed by atoms with Gasteiger partial charge in [-0.2, -0.15) is 0 Å². The van der Waals surface area contributed by atoms with Gasteiger partial charge >= 0.3 is 0 Å². The van der Waals surface area contributed by atoms with Crippen LogP contribution in [-0.4, -0.2) is 10.1 Å². The molecule has 2 heteroatoms. The van der Waals surface area contributed by atoms with Gasteiger partial charge in [-0.15, -0.1) is 0 Å². The van der Waals surface area contributed by atoms with Gasteiger partial charge < -0.3 is 5.11 Å². The average molecular weight is 255 g/mol. The summed E-state index contributed by atoms with van der Waals surface area (Å²) in [5.41, 5.74) is 2.94. The molecule has 0 bridgehead atoms. The molecule has 2 aromatic rings. The minimum Gasteiger partial charge on any atom is -0.505 e. The minimum atomic E-state index is 0.292. The van der Waals surface area contributed by atoms with Gasteiger partial charge in [0.1, 0.15) is 11.3 Å². The van der Waals surface area contributed by atoms with E-state index in [1.807, 2.05) is 24.3 Å². The number of aromatic nitrogens is 1. The molecule has 1 aromatic carbocycles. The van der Waals surface area contributed by atoms with Crippen molar-refractivity contribution in [2.45, 2.75) is 39.5 Å². The van der Waals surface area contributed by atoms with Crippen LogP contribution in [0.5, 0.6) is 5.75 Å². The van der Waals surface area contributed by atoms with Crippen molar-refractivity contribution in [3.8, 4) is 5.75 Å². The van der Waals surface area contributed by atoms with E-state index in [1.165, 1.54) is 18.4 Å². The van der Waals surface area contributed by atoms with Crippen molar-refractivity contribution >= 4 is 17.0 Å². The van der Waals surface area contributed by atoms with Gasteiger partial charge in [0, 0.05) is 17.1 Å². The molecule has 0 spiro atoms. The van der Waals surface area contributed by atoms with Crippen LogP contribution < -0.4 is 0 Å². The number of nitrogens with zero attached hydrogens (tertiary/aromatic N) is 1. The number of phenols is 1. The number of phenolic OH excluding ortho intramolecular Hbond substituents is 1. The number of hydrogen-bond acceptors (Lipinski definition) is 2. The third kappa shape index (κ3) is 3.14. The van der Waals surface area contributed by atoms with Gasteiger partial charge in [-0.1, -0.05) is 50.1 Å². The second kappa shape index (κ2) is 6.37. The number of aromatic hydroxyl groups is 1. The summed E-state index contributed by atoms with van der Waals surface area (Å²) >= 11 is 0. The largest absolute Gasteiger partial charge is 0.505 e. The first-order chi connectivity index (χ1) is 9.26. The lowest BCUT2D eigenvalue weighted by molar-refractivity contribution is 0.479. The summed E-state index contributed by atoms with van der Waals surface area (Å²) in [4.78, 5) is 4.26. The zero-order valence-electron chi connectivity index (χ0n) is 11.7. The Morgan fingerprint density at radius 1 is 1.26 bits per heavy atom. The first kappa shape index (κ1) is 13.6. The Bertz CT molecular complexity index is 587. The molecule has 0 fully saturated rings. The zero-order valence-corrected chi connectivity index (χ0v) is 11.7. The van der Waals surface area contributed by atoms with Crippen molar-refractivity contribution in [2.75, 3.05) is 0 Å². The molecule has 1 heterocycles. The first-order valence-electron chi connectivity index (χ1n) is 7.02. The first-order valence-corrected chi connectivity index (χ1v) is 7.02. The molecule has 2 rings (SSSR count). The van der Waals surface area contributed by atoms with Crippen LogP contribution in [0, 0.1) is 0 Å². The number of benzene rings is 1. The maximum absolute atomic E-state index is 10.3. The Labute approximate surface area is 114 Å². The number of pyridine rings is 1. The molecule has 0 aliphatic rings. The third-order valence-corrected chi connectivity index (χ3v) is 3.44. The van der Waals surface area contributed by atoms with Crippen LogP contribution in [0.2, 0.25) is 0 Å². The molecule has 0 atom stereocenters. The molecule has 0 aliphatic carbocycles. The van der Waals surface area contributed by atoms with Crippen molar-refractivity contribution in [1.29, 1.82) is 0 Å². The number of hydrogen-bond donors (Lipinski definition) is 1. The van der Waals surface area contributed by atoms with E-state index < -0.39 is 0 Å². The Balaban J connectivity index is 2.39. The van der Waals surface area contributed by atoms with E-state index in [2.05, 4.69) is 24.9 Å². The van der Waals surface area contributed by atoms with Crippen LogP contribution in [-0.2, 0) is 0 Å². The summed E-state index contributed by atoms with van der Waals surface area (Å²) in [5, 5.41) is 11.3. The minimum absolute atomic E-state index is 0.292. The number of unbranched alkanes of at least 4 members (excludes halogenated alkanes) is 1. The van der Waals surface area contributed by atoms with E-state index in [-0.39, 0.29) is 0 Å². The molecule has 0 saturated heterocycles. The highest BCUT2D eigenvalue weighted by Crippen LogP contribution is 2.29. The summed E-state index contributed by atoms with van der Waals surface area (Å²) in [6.07, 6.45) is 8.35. The monoisotopic (exact) mass is 255 g/mol. The lowest BCUT2D eigenvalue weighted by atomic mass is 10.0. The van der Waals surface area contributed by atoms with Crippen molar-refractivity contribution < 1.29 is 5.11 Å². The van der Waals surface area contributed by atoms with E-state index in [0.717, 1.165) is 23.8 Å². The van der Waals surface area contributed by atoms with Crippen LogP contribution in [0.15, 0.2) is 36.0 Å². The summed E-state index contributed by atoms with van der Waals surface area (Å²) in [6, 6.07) is 7.84. The van der Waals surface area contributed by atoms with Gasteiger partial charge in [-0.25, -0.2) is 0 Å². The van der Waals surface area contributed by atoms with E-state index >= 15 is 0 Å². The lowest BCUT2D eigenvalue weighted by Crippen LogP contribution is -1.86. The Morgan fingerprint density at radius 3 is 2.84 bits per heavy atom. The number of rotatable bonds is 5. The van der Waals surface area contributed by atoms with Crippen LogP contribution in [0.4, 0.5) is 0 Å². The zero-order chi connectivity index (χ0) is 13.7. The molecule has 0 amide bonds. The quantitative estimate of drug-likeness (QED) is 0.822. The van der Waals surface area contributed by atoms with Crippen molar-refractivity contribution in [3.63, 3.8) is 0 Å². The average Bonchev–Trinajstić information content (AvgIpc) is 2.46.